The molecule has 1 aromatic carbocycles. The van der Waals surface area contributed by atoms with Gasteiger partial charge in [-0.2, -0.15) is 5.26 Å². The maximum absolute atomic E-state index is 11.7. The van der Waals surface area contributed by atoms with Crippen molar-refractivity contribution in [1.29, 1.82) is 5.26 Å². The molecule has 0 fully saturated rings. The van der Waals surface area contributed by atoms with Crippen molar-refractivity contribution in [2.75, 3.05) is 11.9 Å². The van der Waals surface area contributed by atoms with E-state index in [1.807, 2.05) is 6.92 Å². The Labute approximate surface area is 109 Å². The average Bonchev–Trinajstić information content (AvgIpc) is 2.40. The summed E-state index contributed by atoms with van der Waals surface area (Å²) in [6, 6.07) is 7.24. The van der Waals surface area contributed by atoms with E-state index in [2.05, 4.69) is 10.6 Å². The first-order valence-corrected chi connectivity index (χ1v) is 5.48. The second-order valence-corrected chi connectivity index (χ2v) is 3.49. The molecule has 0 radical (unpaired) electrons. The minimum Gasteiger partial charge on any atom is -0.390 e. The highest BCUT2D eigenvalue weighted by Gasteiger charge is 2.11. The van der Waals surface area contributed by atoms with Crippen LogP contribution in [-0.4, -0.2) is 17.4 Å². The summed E-state index contributed by atoms with van der Waals surface area (Å²) in [6.45, 7) is 2.40. The lowest BCUT2D eigenvalue weighted by Crippen LogP contribution is -2.16. The lowest BCUT2D eigenvalue weighted by atomic mass is 10.2. The fourth-order valence-corrected chi connectivity index (χ4v) is 1.25. The molecule has 0 aliphatic carbocycles. The largest absolute Gasteiger partial charge is 0.390 e. The number of nitro benzene ring substituents is 1. The Morgan fingerprint density at radius 2 is 2.32 bits per heavy atom. The fourth-order valence-electron chi connectivity index (χ4n) is 1.25. The first-order valence-electron chi connectivity index (χ1n) is 5.48. The van der Waals surface area contributed by atoms with Gasteiger partial charge in [-0.25, -0.2) is 0 Å². The summed E-state index contributed by atoms with van der Waals surface area (Å²) in [5, 5.41) is 24.6. The van der Waals surface area contributed by atoms with Gasteiger partial charge in [0.15, 0.2) is 0 Å². The SMILES string of the molecule is CCN/C=C(/C#N)C(=O)Nc1cccc([N+](=O)[O-])c1. The molecule has 0 saturated carbocycles. The van der Waals surface area contributed by atoms with E-state index >= 15 is 0 Å². The number of rotatable bonds is 5. The third kappa shape index (κ3) is 4.12. The van der Waals surface area contributed by atoms with Crippen molar-refractivity contribution in [3.8, 4) is 6.07 Å². The second-order valence-electron chi connectivity index (χ2n) is 3.49. The number of non-ortho nitro benzene ring substituents is 1. The van der Waals surface area contributed by atoms with E-state index in [1.165, 1.54) is 30.5 Å². The van der Waals surface area contributed by atoms with Crippen LogP contribution >= 0.6 is 0 Å². The van der Waals surface area contributed by atoms with Gasteiger partial charge >= 0.3 is 0 Å². The van der Waals surface area contributed by atoms with Gasteiger partial charge in [-0.15, -0.1) is 0 Å². The zero-order valence-corrected chi connectivity index (χ0v) is 10.2. The first-order chi connectivity index (χ1) is 9.08. The van der Waals surface area contributed by atoms with Crippen LogP contribution in [0.3, 0.4) is 0 Å². The Kier molecular flexibility index (Phi) is 5.04. The molecule has 2 N–H and O–H groups in total. The Morgan fingerprint density at radius 3 is 2.89 bits per heavy atom. The molecule has 7 nitrogen and oxygen atoms in total. The van der Waals surface area contributed by atoms with Gasteiger partial charge in [0.1, 0.15) is 11.6 Å². The Balaban J connectivity index is 2.85. The van der Waals surface area contributed by atoms with Crippen molar-refractivity contribution in [1.82, 2.24) is 5.32 Å². The molecule has 0 spiro atoms. The Hall–Kier alpha value is -2.88. The van der Waals surface area contributed by atoms with Gasteiger partial charge in [0.25, 0.3) is 11.6 Å². The quantitative estimate of drug-likeness (QED) is 0.361. The van der Waals surface area contributed by atoms with E-state index in [9.17, 15) is 14.9 Å². The van der Waals surface area contributed by atoms with Gasteiger partial charge in [0.05, 0.1) is 4.92 Å². The third-order valence-electron chi connectivity index (χ3n) is 2.13. The van der Waals surface area contributed by atoms with Gasteiger partial charge in [0, 0.05) is 30.6 Å². The minimum atomic E-state index is -0.621. The van der Waals surface area contributed by atoms with Crippen molar-refractivity contribution in [3.05, 3.63) is 46.2 Å². The summed E-state index contributed by atoms with van der Waals surface area (Å²) in [4.78, 5) is 21.7. The molecule has 7 heteroatoms. The lowest BCUT2D eigenvalue weighted by molar-refractivity contribution is -0.384. The number of carbonyl (C=O) groups excluding carboxylic acids is 1. The molecule has 0 aromatic heterocycles. The van der Waals surface area contributed by atoms with Crippen molar-refractivity contribution < 1.29 is 9.72 Å². The van der Waals surface area contributed by atoms with E-state index in [4.69, 9.17) is 5.26 Å². The number of nitriles is 1. The number of benzene rings is 1. The van der Waals surface area contributed by atoms with E-state index in [-0.39, 0.29) is 16.9 Å². The van der Waals surface area contributed by atoms with Gasteiger partial charge in [-0.3, -0.25) is 14.9 Å². The summed E-state index contributed by atoms with van der Waals surface area (Å²) < 4.78 is 0. The predicted octanol–water partition coefficient (Wildman–Crippen LogP) is 1.55. The monoisotopic (exact) mass is 260 g/mol. The smallest absolute Gasteiger partial charge is 0.271 e. The van der Waals surface area contributed by atoms with Crippen LogP contribution in [0.15, 0.2) is 36.0 Å². The molecule has 1 aromatic rings. The first kappa shape index (κ1) is 14.2. The summed E-state index contributed by atoms with van der Waals surface area (Å²) in [6.07, 6.45) is 1.30. The average molecular weight is 260 g/mol. The van der Waals surface area contributed by atoms with E-state index in [1.54, 1.807) is 6.07 Å². The van der Waals surface area contributed by atoms with Crippen LogP contribution < -0.4 is 10.6 Å². The van der Waals surface area contributed by atoms with Gasteiger partial charge in [-0.05, 0) is 13.0 Å². The summed E-state index contributed by atoms with van der Waals surface area (Å²) >= 11 is 0. The number of anilines is 1. The minimum absolute atomic E-state index is 0.103. The van der Waals surface area contributed by atoms with Crippen LogP contribution in [0.5, 0.6) is 0 Å². The molecule has 0 unspecified atom stereocenters. The highest BCUT2D eigenvalue weighted by Crippen LogP contribution is 2.17. The molecule has 19 heavy (non-hydrogen) atoms. The van der Waals surface area contributed by atoms with Crippen LogP contribution in [-0.2, 0) is 4.79 Å². The molecule has 0 saturated heterocycles. The predicted molar refractivity (Wildman–Crippen MR) is 69.1 cm³/mol. The second kappa shape index (κ2) is 6.76. The molecular formula is C12H12N4O3. The van der Waals surface area contributed by atoms with Crippen LogP contribution in [0.2, 0.25) is 0 Å². The van der Waals surface area contributed by atoms with Crippen LogP contribution in [0.4, 0.5) is 11.4 Å². The number of nitrogens with one attached hydrogen (secondary N) is 2. The number of nitrogens with zero attached hydrogens (tertiary/aromatic N) is 2. The lowest BCUT2D eigenvalue weighted by Gasteiger charge is -2.04. The van der Waals surface area contributed by atoms with E-state index < -0.39 is 10.8 Å². The molecule has 0 atom stereocenters. The molecule has 1 rings (SSSR count). The molecule has 0 aliphatic rings. The summed E-state index contributed by atoms with van der Waals surface area (Å²) in [7, 11) is 0. The number of hydrogen-bond acceptors (Lipinski definition) is 5. The van der Waals surface area contributed by atoms with Gasteiger partial charge in [0.2, 0.25) is 0 Å². The van der Waals surface area contributed by atoms with Crippen molar-refractivity contribution in [2.45, 2.75) is 6.92 Å². The third-order valence-corrected chi connectivity index (χ3v) is 2.13. The molecule has 0 heterocycles. The Morgan fingerprint density at radius 1 is 1.58 bits per heavy atom. The number of amides is 1. The summed E-state index contributed by atoms with van der Waals surface area (Å²) in [5.74, 6) is -0.621. The highest BCUT2D eigenvalue weighted by atomic mass is 16.6. The maximum atomic E-state index is 11.7. The van der Waals surface area contributed by atoms with Crippen LogP contribution in [0, 0.1) is 21.4 Å². The van der Waals surface area contributed by atoms with Crippen LogP contribution in [0.1, 0.15) is 6.92 Å². The zero-order chi connectivity index (χ0) is 14.3. The van der Waals surface area contributed by atoms with E-state index in [0.717, 1.165) is 0 Å². The number of nitro groups is 1. The van der Waals surface area contributed by atoms with Gasteiger partial charge < -0.3 is 10.6 Å². The van der Waals surface area contributed by atoms with Crippen molar-refractivity contribution in [3.63, 3.8) is 0 Å². The number of carbonyl (C=O) groups is 1. The van der Waals surface area contributed by atoms with E-state index in [0.29, 0.717) is 6.54 Å². The molecular weight excluding hydrogens is 248 g/mol. The van der Waals surface area contributed by atoms with Crippen molar-refractivity contribution >= 4 is 17.3 Å². The maximum Gasteiger partial charge on any atom is 0.271 e. The van der Waals surface area contributed by atoms with Crippen molar-refractivity contribution in [2.24, 2.45) is 0 Å². The molecule has 0 bridgehead atoms. The topological polar surface area (TPSA) is 108 Å². The molecule has 1 amide bonds. The summed E-state index contributed by atoms with van der Waals surface area (Å²) in [5.41, 5.74) is 0.0252. The normalized spacial score (nSPS) is 10.4. The molecule has 0 aliphatic heterocycles. The Bertz CT molecular complexity index is 560. The number of hydrogen-bond donors (Lipinski definition) is 2. The fraction of sp³-hybridized carbons (Fsp3) is 0.167. The highest BCUT2D eigenvalue weighted by molar-refractivity contribution is 6.06. The molecule has 98 valence electrons. The van der Waals surface area contributed by atoms with Crippen LogP contribution in [0.25, 0.3) is 0 Å². The van der Waals surface area contributed by atoms with Gasteiger partial charge in [-0.1, -0.05) is 6.07 Å². The zero-order valence-electron chi connectivity index (χ0n) is 10.2. The standard InChI is InChI=1S/C12H12N4O3/c1-2-14-8-9(7-13)12(17)15-10-4-3-5-11(6-10)16(18)19/h3-6,8,14H,2H2,1H3,(H,15,17)/b9-8-.